The zero-order valence-electron chi connectivity index (χ0n) is 18.4. The molecule has 33 heavy (non-hydrogen) atoms. The molecule has 1 saturated heterocycles. The van der Waals surface area contributed by atoms with Gasteiger partial charge in [-0.15, -0.1) is 0 Å². The van der Waals surface area contributed by atoms with Crippen LogP contribution in [0.2, 0.25) is 0 Å². The summed E-state index contributed by atoms with van der Waals surface area (Å²) in [6, 6.07) is 9.99. The van der Waals surface area contributed by atoms with Gasteiger partial charge in [-0.2, -0.15) is 0 Å². The Hall–Kier alpha value is -2.83. The average molecular weight is 559 g/mol. The maximum atomic E-state index is 13.1. The second kappa shape index (κ2) is 10.9. The van der Waals surface area contributed by atoms with Crippen molar-refractivity contribution in [2.75, 3.05) is 55.8 Å². The van der Waals surface area contributed by atoms with Crippen LogP contribution in [0.5, 0.6) is 0 Å². The quantitative estimate of drug-likeness (QED) is 0.336. The number of anilines is 3. The van der Waals surface area contributed by atoms with Crippen LogP contribution in [0.4, 0.5) is 17.2 Å². The lowest BCUT2D eigenvalue weighted by Crippen LogP contribution is -2.36. The summed E-state index contributed by atoms with van der Waals surface area (Å²) in [5.41, 5.74) is 10.3. The third-order valence-electron chi connectivity index (χ3n) is 5.37. The van der Waals surface area contributed by atoms with E-state index < -0.39 is 5.91 Å². The molecule has 3 aromatic rings. The number of morpholine rings is 1. The molecule has 0 saturated carbocycles. The molecule has 4 rings (SSSR count). The number of nitrogens with zero attached hydrogens (tertiary/aromatic N) is 5. The number of nitrogens with one attached hydrogen (secondary N) is 1. The van der Waals surface area contributed by atoms with Crippen LogP contribution < -0.4 is 16.0 Å². The number of halogens is 1. The second-order valence-corrected chi connectivity index (χ2v) is 9.36. The van der Waals surface area contributed by atoms with Crippen molar-refractivity contribution in [3.63, 3.8) is 0 Å². The maximum Gasteiger partial charge on any atom is 0.278 e. The van der Waals surface area contributed by atoms with E-state index >= 15 is 0 Å². The molecule has 0 spiro atoms. The minimum Gasteiger partial charge on any atom is -0.382 e. The highest BCUT2D eigenvalue weighted by Gasteiger charge is 2.19. The number of carbonyl (C=O) groups is 1. The lowest BCUT2D eigenvalue weighted by Gasteiger charge is -2.30. The van der Waals surface area contributed by atoms with Gasteiger partial charge in [0.2, 0.25) is 0 Å². The van der Waals surface area contributed by atoms with E-state index in [1.54, 1.807) is 18.6 Å². The summed E-state index contributed by atoms with van der Waals surface area (Å²) in [5.74, 6) is -0.346. The number of carbonyl (C=O) groups excluding carboxylic acids is 1. The molecule has 0 atom stereocenters. The van der Waals surface area contributed by atoms with Gasteiger partial charge < -0.3 is 20.7 Å². The summed E-state index contributed by atoms with van der Waals surface area (Å²) in [4.78, 5) is 28.1. The Morgan fingerprint density at radius 1 is 1.21 bits per heavy atom. The van der Waals surface area contributed by atoms with Crippen LogP contribution in [0.15, 0.2) is 48.9 Å². The molecule has 0 aliphatic carbocycles. The molecular weight excluding hydrogens is 533 g/mol. The first-order chi connectivity index (χ1) is 16.0. The van der Waals surface area contributed by atoms with E-state index in [1.165, 1.54) is 5.56 Å². The van der Waals surface area contributed by atoms with E-state index in [-0.39, 0.29) is 11.5 Å². The number of pyridine rings is 1. The van der Waals surface area contributed by atoms with Gasteiger partial charge in [0.15, 0.2) is 11.5 Å². The van der Waals surface area contributed by atoms with Crippen molar-refractivity contribution in [3.8, 4) is 11.3 Å². The zero-order chi connectivity index (χ0) is 23.2. The van der Waals surface area contributed by atoms with E-state index in [9.17, 15) is 4.79 Å². The molecule has 1 aliphatic heterocycles. The summed E-state index contributed by atoms with van der Waals surface area (Å²) >= 11 is 2.27. The van der Waals surface area contributed by atoms with Crippen molar-refractivity contribution in [3.05, 3.63) is 60.2 Å². The molecule has 1 amide bonds. The second-order valence-electron chi connectivity index (χ2n) is 7.71. The van der Waals surface area contributed by atoms with Gasteiger partial charge in [0.1, 0.15) is 0 Å². The SMILES string of the molecule is CN(I)CCc1ccc(-c2cnc(N)c(C(=O)Nc3cnccc3N3CCOCC3)n2)cc1. The predicted molar refractivity (Wildman–Crippen MR) is 137 cm³/mol. The zero-order valence-corrected chi connectivity index (χ0v) is 20.5. The van der Waals surface area contributed by atoms with Gasteiger partial charge in [-0.3, -0.25) is 12.9 Å². The standard InChI is InChI=1S/C23H26IN7O2/c1-30(24)9-7-16-2-4-17(5-3-16)18-15-27-22(25)21(28-18)23(32)29-19-14-26-8-6-20(19)31-10-12-33-13-11-31/h2-6,8,14-15H,7,9-13H2,1H3,(H2,25,27)(H,29,32). The Balaban J connectivity index is 1.53. The van der Waals surface area contributed by atoms with Crippen LogP contribution >= 0.6 is 22.9 Å². The monoisotopic (exact) mass is 559 g/mol. The number of benzene rings is 1. The molecular formula is C23H26IN7O2. The van der Waals surface area contributed by atoms with E-state index in [4.69, 9.17) is 10.5 Å². The number of hydrogen-bond acceptors (Lipinski definition) is 8. The van der Waals surface area contributed by atoms with E-state index in [0.717, 1.165) is 37.3 Å². The molecule has 3 heterocycles. The smallest absolute Gasteiger partial charge is 0.278 e. The maximum absolute atomic E-state index is 13.1. The van der Waals surface area contributed by atoms with Crippen molar-refractivity contribution in [1.29, 1.82) is 0 Å². The number of ether oxygens (including phenoxy) is 1. The van der Waals surface area contributed by atoms with Crippen LogP contribution in [0.3, 0.4) is 0 Å². The van der Waals surface area contributed by atoms with Gasteiger partial charge in [-0.05, 0) is 25.1 Å². The number of nitrogen functional groups attached to an aromatic ring is 1. The third-order valence-corrected chi connectivity index (χ3v) is 5.85. The minimum absolute atomic E-state index is 0.0785. The van der Waals surface area contributed by atoms with Crippen molar-refractivity contribution in [2.24, 2.45) is 0 Å². The number of amides is 1. The first kappa shape index (κ1) is 23.3. The normalized spacial score (nSPS) is 13.8. The van der Waals surface area contributed by atoms with E-state index in [1.807, 2.05) is 25.2 Å². The topological polar surface area (TPSA) is 110 Å². The molecule has 9 nitrogen and oxygen atoms in total. The molecule has 10 heteroatoms. The van der Waals surface area contributed by atoms with Crippen LogP contribution in [0.25, 0.3) is 11.3 Å². The van der Waals surface area contributed by atoms with Gasteiger partial charge in [-0.25, -0.2) is 9.97 Å². The fourth-order valence-electron chi connectivity index (χ4n) is 3.57. The van der Waals surface area contributed by atoms with Gasteiger partial charge in [0, 0.05) is 54.3 Å². The minimum atomic E-state index is -0.425. The third kappa shape index (κ3) is 5.95. The molecule has 0 radical (unpaired) electrons. The largest absolute Gasteiger partial charge is 0.382 e. The fraction of sp³-hybridized carbons (Fsp3) is 0.304. The summed E-state index contributed by atoms with van der Waals surface area (Å²) < 4.78 is 7.55. The highest BCUT2D eigenvalue weighted by atomic mass is 127. The summed E-state index contributed by atoms with van der Waals surface area (Å²) in [6.07, 6.45) is 5.87. The first-order valence-corrected chi connectivity index (χ1v) is 11.6. The van der Waals surface area contributed by atoms with Crippen LogP contribution in [0, 0.1) is 0 Å². The highest BCUT2D eigenvalue weighted by Crippen LogP contribution is 2.26. The summed E-state index contributed by atoms with van der Waals surface area (Å²) in [6.45, 7) is 3.74. The lowest BCUT2D eigenvalue weighted by atomic mass is 10.1. The van der Waals surface area contributed by atoms with Crippen LogP contribution in [0.1, 0.15) is 16.1 Å². The van der Waals surface area contributed by atoms with Crippen LogP contribution in [-0.4, -0.2) is 63.9 Å². The van der Waals surface area contributed by atoms with E-state index in [0.29, 0.717) is 24.6 Å². The number of rotatable bonds is 7. The van der Waals surface area contributed by atoms with Crippen molar-refractivity contribution in [1.82, 2.24) is 18.1 Å². The molecule has 0 bridgehead atoms. The Kier molecular flexibility index (Phi) is 7.68. The molecule has 1 aromatic carbocycles. The number of nitrogens with two attached hydrogens (primary N) is 1. The van der Waals surface area contributed by atoms with Crippen molar-refractivity contribution >= 4 is 46.0 Å². The van der Waals surface area contributed by atoms with Crippen LogP contribution in [-0.2, 0) is 11.2 Å². The molecule has 1 aliphatic rings. The number of likely N-dealkylation sites (N-methyl/N-ethyl adjacent to an activating group) is 1. The highest BCUT2D eigenvalue weighted by molar-refractivity contribution is 14.1. The number of hydrogen-bond donors (Lipinski definition) is 2. The van der Waals surface area contributed by atoms with Gasteiger partial charge in [0.25, 0.3) is 5.91 Å². The summed E-state index contributed by atoms with van der Waals surface area (Å²) in [7, 11) is 2.04. The Bertz CT molecular complexity index is 1100. The molecule has 2 aromatic heterocycles. The molecule has 3 N–H and O–H groups in total. The van der Waals surface area contributed by atoms with Crippen molar-refractivity contribution < 1.29 is 9.53 Å². The van der Waals surface area contributed by atoms with E-state index in [2.05, 4.69) is 63.3 Å². The average Bonchev–Trinajstić information content (AvgIpc) is 2.84. The lowest BCUT2D eigenvalue weighted by molar-refractivity contribution is 0.102. The van der Waals surface area contributed by atoms with Gasteiger partial charge in [0.05, 0.1) is 42.7 Å². The fourth-order valence-corrected chi connectivity index (χ4v) is 3.82. The van der Waals surface area contributed by atoms with Gasteiger partial charge in [-0.1, -0.05) is 24.3 Å². The molecule has 0 unspecified atom stereocenters. The molecule has 1 fully saturated rings. The van der Waals surface area contributed by atoms with Gasteiger partial charge >= 0.3 is 0 Å². The predicted octanol–water partition coefficient (Wildman–Crippen LogP) is 3.03. The summed E-state index contributed by atoms with van der Waals surface area (Å²) in [5, 5.41) is 2.91. The first-order valence-electron chi connectivity index (χ1n) is 10.7. The van der Waals surface area contributed by atoms with Crippen molar-refractivity contribution in [2.45, 2.75) is 6.42 Å². The Labute approximate surface area is 206 Å². The number of aromatic nitrogens is 3. The Morgan fingerprint density at radius 2 is 1.97 bits per heavy atom. The Morgan fingerprint density at radius 3 is 2.70 bits per heavy atom. The molecule has 172 valence electrons.